The third-order valence-electron chi connectivity index (χ3n) is 5.92. The van der Waals surface area contributed by atoms with Crippen LogP contribution in [0, 0.1) is 0 Å². The summed E-state index contributed by atoms with van der Waals surface area (Å²) in [6, 6.07) is 2.81. The smallest absolute Gasteiger partial charge is 0.318 e. The number of rotatable bonds is 8. The normalized spacial score (nSPS) is 21.0. The predicted octanol–water partition coefficient (Wildman–Crippen LogP) is 0.392. The monoisotopic (exact) mass is 416 g/mol. The van der Waals surface area contributed by atoms with Crippen molar-refractivity contribution in [3.05, 3.63) is 12.3 Å². The molecule has 2 saturated heterocycles. The zero-order valence-electron chi connectivity index (χ0n) is 17.9. The largest absolute Gasteiger partial charge is 0.467 e. The van der Waals surface area contributed by atoms with Crippen LogP contribution in [0.5, 0.6) is 6.01 Å². The van der Waals surface area contributed by atoms with E-state index in [1.807, 2.05) is 18.0 Å². The Labute approximate surface area is 177 Å². The van der Waals surface area contributed by atoms with Crippen LogP contribution in [-0.2, 0) is 4.79 Å². The summed E-state index contributed by atoms with van der Waals surface area (Å²) in [5.74, 6) is 1.04. The minimum atomic E-state index is 0.174. The first kappa shape index (κ1) is 21.9. The van der Waals surface area contributed by atoms with E-state index in [1.165, 1.54) is 12.7 Å². The Bertz CT molecular complexity index is 748. The standard InChI is InChI=1S/C20H32N8O2/c1-26(19(29)13-28-9-3-4-17(28)12-22-15-23-14-21)16-6-10-27(11-7-16)18-5-8-24-20(25-18)30-2/h5,8,14-17H,3-4,6-7,9-13H2,1-2H3,(H2,21,22,23). The Morgan fingerprint density at radius 1 is 1.37 bits per heavy atom. The third kappa shape index (κ3) is 5.65. The summed E-state index contributed by atoms with van der Waals surface area (Å²) in [6.07, 6.45) is 8.40. The van der Waals surface area contributed by atoms with E-state index in [2.05, 4.69) is 29.8 Å². The molecule has 1 unspecified atom stereocenters. The Hall–Kier alpha value is -2.75. The van der Waals surface area contributed by atoms with E-state index >= 15 is 0 Å². The highest BCUT2D eigenvalue weighted by Gasteiger charge is 2.30. The molecule has 30 heavy (non-hydrogen) atoms. The van der Waals surface area contributed by atoms with Gasteiger partial charge in [0.1, 0.15) is 12.2 Å². The van der Waals surface area contributed by atoms with Crippen LogP contribution in [0.2, 0.25) is 0 Å². The number of aromatic nitrogens is 2. The number of nitrogens with two attached hydrogens (primary N) is 1. The molecule has 1 aromatic rings. The van der Waals surface area contributed by atoms with Crippen molar-refractivity contribution in [1.82, 2.24) is 19.8 Å². The Kier molecular flexibility index (Phi) is 7.95. The van der Waals surface area contributed by atoms with Crippen LogP contribution in [0.15, 0.2) is 22.2 Å². The average molecular weight is 417 g/mol. The minimum Gasteiger partial charge on any atom is -0.467 e. The SMILES string of the molecule is COc1nccc(N2CCC(N(C)C(=O)CN3CCCC3CN=CN=CN)CC2)n1. The maximum Gasteiger partial charge on any atom is 0.318 e. The van der Waals surface area contributed by atoms with E-state index in [4.69, 9.17) is 10.5 Å². The molecule has 3 heterocycles. The highest BCUT2D eigenvalue weighted by atomic mass is 16.5. The number of ether oxygens (including phenoxy) is 1. The van der Waals surface area contributed by atoms with Gasteiger partial charge < -0.3 is 20.3 Å². The second-order valence-corrected chi connectivity index (χ2v) is 7.67. The number of carbonyl (C=O) groups excluding carboxylic acids is 1. The van der Waals surface area contributed by atoms with Gasteiger partial charge in [-0.3, -0.25) is 14.7 Å². The number of likely N-dealkylation sites (N-methyl/N-ethyl adjacent to an activating group) is 1. The molecule has 2 N–H and O–H groups in total. The van der Waals surface area contributed by atoms with E-state index in [-0.39, 0.29) is 11.9 Å². The molecule has 2 aliphatic rings. The van der Waals surface area contributed by atoms with Crippen LogP contribution in [0.3, 0.4) is 0 Å². The van der Waals surface area contributed by atoms with Crippen molar-refractivity contribution < 1.29 is 9.53 Å². The molecule has 1 atom stereocenters. The van der Waals surface area contributed by atoms with Crippen LogP contribution in [0.4, 0.5) is 5.82 Å². The lowest BCUT2D eigenvalue weighted by Gasteiger charge is -2.38. The highest BCUT2D eigenvalue weighted by molar-refractivity contribution is 5.78. The van der Waals surface area contributed by atoms with Crippen molar-refractivity contribution in [2.45, 2.75) is 37.8 Å². The summed E-state index contributed by atoms with van der Waals surface area (Å²) in [4.78, 5) is 35.9. The Morgan fingerprint density at radius 3 is 2.90 bits per heavy atom. The minimum absolute atomic E-state index is 0.174. The van der Waals surface area contributed by atoms with Gasteiger partial charge in [-0.05, 0) is 38.3 Å². The predicted molar refractivity (Wildman–Crippen MR) is 117 cm³/mol. The van der Waals surface area contributed by atoms with Gasteiger partial charge >= 0.3 is 6.01 Å². The van der Waals surface area contributed by atoms with Crippen LogP contribution >= 0.6 is 0 Å². The average Bonchev–Trinajstić information content (AvgIpc) is 3.23. The molecule has 1 amide bonds. The molecule has 0 saturated carbocycles. The lowest BCUT2D eigenvalue weighted by atomic mass is 10.0. The summed E-state index contributed by atoms with van der Waals surface area (Å²) in [5, 5.41) is 0. The van der Waals surface area contributed by atoms with Gasteiger partial charge in [0.05, 0.1) is 26.5 Å². The first-order valence-corrected chi connectivity index (χ1v) is 10.5. The van der Waals surface area contributed by atoms with Crippen molar-refractivity contribution in [2.75, 3.05) is 51.8 Å². The second-order valence-electron chi connectivity index (χ2n) is 7.67. The number of amides is 1. The van der Waals surface area contributed by atoms with Gasteiger partial charge in [0, 0.05) is 38.4 Å². The molecule has 2 aliphatic heterocycles. The molecule has 0 aliphatic carbocycles. The van der Waals surface area contributed by atoms with Gasteiger partial charge in [-0.2, -0.15) is 4.98 Å². The molecule has 10 nitrogen and oxygen atoms in total. The number of likely N-dealkylation sites (tertiary alicyclic amines) is 1. The fraction of sp³-hybridized carbons (Fsp3) is 0.650. The number of hydrogen-bond donors (Lipinski definition) is 1. The van der Waals surface area contributed by atoms with Gasteiger partial charge in [-0.1, -0.05) is 0 Å². The van der Waals surface area contributed by atoms with Crippen molar-refractivity contribution in [3.8, 4) is 6.01 Å². The summed E-state index contributed by atoms with van der Waals surface area (Å²) in [6.45, 7) is 3.74. The summed E-state index contributed by atoms with van der Waals surface area (Å²) in [5.41, 5.74) is 5.22. The Balaban J connectivity index is 1.48. The molecule has 0 radical (unpaired) electrons. The number of piperidine rings is 1. The molecular weight excluding hydrogens is 384 g/mol. The summed E-state index contributed by atoms with van der Waals surface area (Å²) < 4.78 is 5.12. The molecular formula is C20H32N8O2. The zero-order chi connectivity index (χ0) is 21.3. The number of nitrogens with zero attached hydrogens (tertiary/aromatic N) is 7. The Morgan fingerprint density at radius 2 is 2.17 bits per heavy atom. The molecule has 2 fully saturated rings. The van der Waals surface area contributed by atoms with Crippen molar-refractivity contribution in [1.29, 1.82) is 0 Å². The van der Waals surface area contributed by atoms with E-state index < -0.39 is 0 Å². The number of hydrogen-bond acceptors (Lipinski definition) is 7. The van der Waals surface area contributed by atoms with Gasteiger partial charge in [0.25, 0.3) is 0 Å². The van der Waals surface area contributed by atoms with Gasteiger partial charge in [-0.25, -0.2) is 9.98 Å². The van der Waals surface area contributed by atoms with E-state index in [9.17, 15) is 4.79 Å². The number of aliphatic imine (C=N–C) groups is 2. The summed E-state index contributed by atoms with van der Waals surface area (Å²) in [7, 11) is 3.49. The lowest BCUT2D eigenvalue weighted by molar-refractivity contribution is -0.133. The molecule has 0 aromatic carbocycles. The van der Waals surface area contributed by atoms with Gasteiger partial charge in [0.15, 0.2) is 0 Å². The van der Waals surface area contributed by atoms with Gasteiger partial charge in [-0.15, -0.1) is 0 Å². The molecule has 164 valence electrons. The topological polar surface area (TPSA) is 113 Å². The fourth-order valence-corrected chi connectivity index (χ4v) is 4.14. The maximum atomic E-state index is 12.9. The van der Waals surface area contributed by atoms with Crippen LogP contribution < -0.4 is 15.4 Å². The highest BCUT2D eigenvalue weighted by Crippen LogP contribution is 2.22. The van der Waals surface area contributed by atoms with Crippen molar-refractivity contribution in [3.63, 3.8) is 0 Å². The van der Waals surface area contributed by atoms with E-state index in [0.717, 1.165) is 51.1 Å². The van der Waals surface area contributed by atoms with Gasteiger partial charge in [0.2, 0.25) is 5.91 Å². The molecule has 0 spiro atoms. The van der Waals surface area contributed by atoms with Crippen molar-refractivity contribution in [2.24, 2.45) is 15.7 Å². The third-order valence-corrected chi connectivity index (χ3v) is 5.92. The first-order valence-electron chi connectivity index (χ1n) is 10.5. The molecule has 0 bridgehead atoms. The zero-order valence-corrected chi connectivity index (χ0v) is 17.9. The van der Waals surface area contributed by atoms with Crippen LogP contribution in [0.25, 0.3) is 0 Å². The maximum absolute atomic E-state index is 12.9. The summed E-state index contributed by atoms with van der Waals surface area (Å²) >= 11 is 0. The molecule has 10 heteroatoms. The van der Waals surface area contributed by atoms with E-state index in [1.54, 1.807) is 13.3 Å². The number of anilines is 1. The molecule has 3 rings (SSSR count). The second kappa shape index (κ2) is 10.9. The first-order chi connectivity index (χ1) is 14.6. The van der Waals surface area contributed by atoms with Crippen LogP contribution in [-0.4, -0.2) is 97.3 Å². The van der Waals surface area contributed by atoms with E-state index in [0.29, 0.717) is 25.1 Å². The number of methoxy groups -OCH3 is 1. The van der Waals surface area contributed by atoms with Crippen molar-refractivity contribution >= 4 is 24.4 Å². The fourth-order valence-electron chi connectivity index (χ4n) is 4.14. The van der Waals surface area contributed by atoms with Crippen LogP contribution in [0.1, 0.15) is 25.7 Å². The lowest BCUT2D eigenvalue weighted by Crippen LogP contribution is -2.49. The number of carbonyl (C=O) groups is 1. The quantitative estimate of drug-likeness (QED) is 0.482. The molecule has 1 aromatic heterocycles.